The van der Waals surface area contributed by atoms with Crippen LogP contribution >= 0.6 is 15.9 Å². The molecule has 2 aromatic carbocycles. The Morgan fingerprint density at radius 3 is 2.65 bits per heavy atom. The average Bonchev–Trinajstić information content (AvgIpc) is 2.53. The van der Waals surface area contributed by atoms with Crippen LogP contribution in [0.5, 0.6) is 0 Å². The van der Waals surface area contributed by atoms with Crippen molar-refractivity contribution in [1.29, 1.82) is 5.26 Å². The highest BCUT2D eigenvalue weighted by Crippen LogP contribution is 2.15. The Morgan fingerprint density at radius 2 is 1.91 bits per heavy atom. The van der Waals surface area contributed by atoms with Gasteiger partial charge >= 0.3 is 0 Å². The number of hydrogen-bond donors (Lipinski definition) is 2. The van der Waals surface area contributed by atoms with E-state index < -0.39 is 0 Å². The third-order valence-electron chi connectivity index (χ3n) is 3.00. The summed E-state index contributed by atoms with van der Waals surface area (Å²) in [6.07, 6.45) is -0.167. The molecule has 0 aliphatic carbocycles. The van der Waals surface area contributed by atoms with E-state index in [0.717, 1.165) is 10.0 Å². The largest absolute Gasteiger partial charge is 0.351 e. The number of hydrogen-bond acceptors (Lipinski definition) is 3. The Bertz CT molecular complexity index is 768. The van der Waals surface area contributed by atoms with Crippen LogP contribution in [0.25, 0.3) is 0 Å². The fraction of sp³-hybridized carbons (Fsp3) is 0.118. The van der Waals surface area contributed by atoms with Gasteiger partial charge in [-0.2, -0.15) is 5.26 Å². The molecule has 2 rings (SSSR count). The highest BCUT2D eigenvalue weighted by Gasteiger charge is 2.07. The predicted octanol–water partition coefficient (Wildman–Crippen LogP) is 3.23. The van der Waals surface area contributed by atoms with Crippen molar-refractivity contribution in [3.63, 3.8) is 0 Å². The van der Waals surface area contributed by atoms with E-state index in [0.29, 0.717) is 17.8 Å². The summed E-state index contributed by atoms with van der Waals surface area (Å²) in [5, 5.41) is 13.9. The standard InChI is InChI=1S/C17H14BrN3O2/c18-14-5-2-4-13(10-14)17(23)21-15-6-1-3-12(9-15)11-20-16(22)7-8-19/h1-6,9-10H,7,11H2,(H,20,22)(H,21,23). The first-order valence-electron chi connectivity index (χ1n) is 6.88. The molecule has 23 heavy (non-hydrogen) atoms. The lowest BCUT2D eigenvalue weighted by Gasteiger charge is -2.08. The van der Waals surface area contributed by atoms with Crippen LogP contribution < -0.4 is 10.6 Å². The molecular formula is C17H14BrN3O2. The van der Waals surface area contributed by atoms with E-state index in [1.807, 2.05) is 12.1 Å². The van der Waals surface area contributed by atoms with Crippen LogP contribution in [0.4, 0.5) is 5.69 Å². The second kappa shape index (κ2) is 8.11. The number of rotatable bonds is 5. The summed E-state index contributed by atoms with van der Waals surface area (Å²) in [4.78, 5) is 23.5. The molecule has 0 heterocycles. The Labute approximate surface area is 142 Å². The van der Waals surface area contributed by atoms with Crippen molar-refractivity contribution in [2.75, 3.05) is 5.32 Å². The number of anilines is 1. The van der Waals surface area contributed by atoms with Crippen LogP contribution in [0, 0.1) is 11.3 Å². The van der Waals surface area contributed by atoms with Crippen molar-refractivity contribution in [2.45, 2.75) is 13.0 Å². The normalized spacial score (nSPS) is 9.74. The molecule has 0 fully saturated rings. The van der Waals surface area contributed by atoms with Crippen molar-refractivity contribution < 1.29 is 9.59 Å². The number of nitrogens with one attached hydrogen (secondary N) is 2. The second-order valence-corrected chi connectivity index (χ2v) is 5.69. The molecule has 0 bridgehead atoms. The molecule has 0 aromatic heterocycles. The van der Waals surface area contributed by atoms with Gasteiger partial charge < -0.3 is 10.6 Å². The number of carbonyl (C=O) groups excluding carboxylic acids is 2. The molecule has 0 aliphatic rings. The summed E-state index contributed by atoms with van der Waals surface area (Å²) in [6.45, 7) is 0.307. The van der Waals surface area contributed by atoms with Crippen LogP contribution in [0.15, 0.2) is 53.0 Å². The van der Waals surface area contributed by atoms with Gasteiger partial charge in [-0.1, -0.05) is 34.1 Å². The molecule has 0 saturated carbocycles. The highest BCUT2D eigenvalue weighted by molar-refractivity contribution is 9.10. The van der Waals surface area contributed by atoms with Gasteiger partial charge in [0.1, 0.15) is 6.42 Å². The molecule has 2 aromatic rings. The first kappa shape index (κ1) is 16.7. The van der Waals surface area contributed by atoms with Crippen molar-refractivity contribution in [2.24, 2.45) is 0 Å². The van der Waals surface area contributed by atoms with Crippen molar-refractivity contribution in [3.05, 3.63) is 64.1 Å². The van der Waals surface area contributed by atoms with E-state index >= 15 is 0 Å². The number of nitrogens with zero attached hydrogens (tertiary/aromatic N) is 1. The lowest BCUT2D eigenvalue weighted by Crippen LogP contribution is -2.21. The number of halogens is 1. The van der Waals surface area contributed by atoms with Gasteiger partial charge in [0.2, 0.25) is 5.91 Å². The number of nitriles is 1. The maximum absolute atomic E-state index is 12.2. The van der Waals surface area contributed by atoms with Gasteiger partial charge in [-0.25, -0.2) is 0 Å². The molecule has 0 radical (unpaired) electrons. The molecule has 0 unspecified atom stereocenters. The minimum absolute atomic E-state index is 0.167. The summed E-state index contributed by atoms with van der Waals surface area (Å²) in [6, 6.07) is 16.1. The van der Waals surface area contributed by atoms with E-state index in [9.17, 15) is 9.59 Å². The van der Waals surface area contributed by atoms with Crippen molar-refractivity contribution in [3.8, 4) is 6.07 Å². The molecule has 6 heteroatoms. The molecule has 2 amide bonds. The maximum atomic E-state index is 12.2. The number of amides is 2. The fourth-order valence-corrected chi connectivity index (χ4v) is 2.33. The van der Waals surface area contributed by atoms with Crippen LogP contribution in [0.3, 0.4) is 0 Å². The summed E-state index contributed by atoms with van der Waals surface area (Å²) >= 11 is 3.33. The topological polar surface area (TPSA) is 82.0 Å². The minimum Gasteiger partial charge on any atom is -0.351 e. The molecular weight excluding hydrogens is 358 g/mol. The van der Waals surface area contributed by atoms with E-state index in [1.165, 1.54) is 0 Å². The van der Waals surface area contributed by atoms with E-state index in [1.54, 1.807) is 42.5 Å². The SMILES string of the molecule is N#CCC(=O)NCc1cccc(NC(=O)c2cccc(Br)c2)c1. The van der Waals surface area contributed by atoms with Gasteiger partial charge in [0.25, 0.3) is 5.91 Å². The zero-order valence-corrected chi connectivity index (χ0v) is 13.8. The van der Waals surface area contributed by atoms with Gasteiger partial charge in [-0.3, -0.25) is 9.59 Å². The highest BCUT2D eigenvalue weighted by atomic mass is 79.9. The molecule has 2 N–H and O–H groups in total. The Morgan fingerprint density at radius 1 is 1.13 bits per heavy atom. The van der Waals surface area contributed by atoms with Crippen LogP contribution in [0.2, 0.25) is 0 Å². The van der Waals surface area contributed by atoms with Gasteiger partial charge in [0, 0.05) is 22.3 Å². The smallest absolute Gasteiger partial charge is 0.255 e. The Kier molecular flexibility index (Phi) is 5.89. The van der Waals surface area contributed by atoms with Crippen LogP contribution in [-0.4, -0.2) is 11.8 Å². The monoisotopic (exact) mass is 371 g/mol. The van der Waals surface area contributed by atoms with Crippen LogP contribution in [-0.2, 0) is 11.3 Å². The van der Waals surface area contributed by atoms with E-state index in [-0.39, 0.29) is 18.2 Å². The third-order valence-corrected chi connectivity index (χ3v) is 3.49. The number of carbonyl (C=O) groups is 2. The molecule has 0 atom stereocenters. The predicted molar refractivity (Wildman–Crippen MR) is 90.6 cm³/mol. The lowest BCUT2D eigenvalue weighted by molar-refractivity contribution is -0.120. The Hall–Kier alpha value is -2.65. The molecule has 0 aliphatic heterocycles. The molecule has 116 valence electrons. The fourth-order valence-electron chi connectivity index (χ4n) is 1.93. The zero-order chi connectivity index (χ0) is 16.7. The Balaban J connectivity index is 2.01. The quantitative estimate of drug-likeness (QED) is 0.846. The molecule has 5 nitrogen and oxygen atoms in total. The van der Waals surface area contributed by atoms with Crippen molar-refractivity contribution >= 4 is 33.4 Å². The minimum atomic E-state index is -0.323. The third kappa shape index (κ3) is 5.24. The first-order chi connectivity index (χ1) is 11.1. The van der Waals surface area contributed by atoms with Gasteiger partial charge in [0.15, 0.2) is 0 Å². The van der Waals surface area contributed by atoms with Gasteiger partial charge in [0.05, 0.1) is 6.07 Å². The summed E-state index contributed by atoms with van der Waals surface area (Å²) in [5.41, 5.74) is 2.03. The zero-order valence-electron chi connectivity index (χ0n) is 12.2. The van der Waals surface area contributed by atoms with Crippen molar-refractivity contribution in [1.82, 2.24) is 5.32 Å². The maximum Gasteiger partial charge on any atom is 0.255 e. The molecule has 0 saturated heterocycles. The van der Waals surface area contributed by atoms with Crippen LogP contribution in [0.1, 0.15) is 22.3 Å². The first-order valence-corrected chi connectivity index (χ1v) is 7.67. The lowest BCUT2D eigenvalue weighted by atomic mass is 10.1. The summed E-state index contributed by atoms with van der Waals surface area (Å²) < 4.78 is 0.833. The van der Waals surface area contributed by atoms with E-state index in [2.05, 4.69) is 26.6 Å². The number of benzene rings is 2. The van der Waals surface area contributed by atoms with Gasteiger partial charge in [-0.15, -0.1) is 0 Å². The average molecular weight is 372 g/mol. The summed E-state index contributed by atoms with van der Waals surface area (Å²) in [5.74, 6) is -0.534. The summed E-state index contributed by atoms with van der Waals surface area (Å²) in [7, 11) is 0. The second-order valence-electron chi connectivity index (χ2n) is 4.78. The molecule has 0 spiro atoms. The van der Waals surface area contributed by atoms with Gasteiger partial charge in [-0.05, 0) is 35.9 Å². The van der Waals surface area contributed by atoms with E-state index in [4.69, 9.17) is 5.26 Å².